The number of nitrogens with one attached hydrogen (secondary N) is 1. The van der Waals surface area contributed by atoms with Crippen LogP contribution in [-0.4, -0.2) is 50.8 Å². The van der Waals surface area contributed by atoms with Crippen molar-refractivity contribution >= 4 is 34.3 Å². The lowest BCUT2D eigenvalue weighted by atomic mass is 10.2. The third-order valence-electron chi connectivity index (χ3n) is 3.46. The Kier molecular flexibility index (Phi) is 8.24. The Bertz CT molecular complexity index is 419. The summed E-state index contributed by atoms with van der Waals surface area (Å²) in [6.45, 7) is 2.28. The topological polar surface area (TPSA) is 62.9 Å². The van der Waals surface area contributed by atoms with E-state index in [1.165, 1.54) is 4.88 Å². The highest BCUT2D eigenvalue weighted by Crippen LogP contribution is 2.23. The molecular weight excluding hydrogens is 352 g/mol. The van der Waals surface area contributed by atoms with Crippen LogP contribution in [-0.2, 0) is 4.74 Å². The smallest absolute Gasteiger partial charge is 0.188 e. The molecule has 0 amide bonds. The van der Waals surface area contributed by atoms with Crippen LogP contribution in [0, 0.1) is 0 Å². The molecule has 0 bridgehead atoms. The standard InChI is InChI=1S/C14H24N4OS.BrH/c1-18(2)12(13-6-4-8-20-13)10-17-14(15)16-9-11-5-3-7-19-11;/h4,6,8,11-12H,3,5,7,9-10H2,1-2H3,(H3,15,16,17);1H. The van der Waals surface area contributed by atoms with Gasteiger partial charge < -0.3 is 20.7 Å². The van der Waals surface area contributed by atoms with Gasteiger partial charge in [-0.05, 0) is 38.4 Å². The first-order chi connectivity index (χ1) is 9.66. The average molecular weight is 377 g/mol. The van der Waals surface area contributed by atoms with Crippen molar-refractivity contribution < 1.29 is 4.74 Å². The molecule has 7 heteroatoms. The van der Waals surface area contributed by atoms with Crippen molar-refractivity contribution in [2.45, 2.75) is 25.0 Å². The summed E-state index contributed by atoms with van der Waals surface area (Å²) < 4.78 is 5.55. The molecule has 2 unspecified atom stereocenters. The fourth-order valence-electron chi connectivity index (χ4n) is 2.25. The van der Waals surface area contributed by atoms with E-state index in [2.05, 4.69) is 46.8 Å². The van der Waals surface area contributed by atoms with E-state index in [9.17, 15) is 0 Å². The van der Waals surface area contributed by atoms with E-state index in [0.717, 1.165) is 26.0 Å². The van der Waals surface area contributed by atoms with Gasteiger partial charge in [-0.1, -0.05) is 6.07 Å². The van der Waals surface area contributed by atoms with Gasteiger partial charge in [0.2, 0.25) is 0 Å². The summed E-state index contributed by atoms with van der Waals surface area (Å²) in [5.74, 6) is 0.504. The summed E-state index contributed by atoms with van der Waals surface area (Å²) in [6.07, 6.45) is 2.53. The Morgan fingerprint density at radius 1 is 1.62 bits per heavy atom. The first-order valence-corrected chi connectivity index (χ1v) is 7.90. The molecule has 3 N–H and O–H groups in total. The van der Waals surface area contributed by atoms with E-state index in [1.54, 1.807) is 11.3 Å². The van der Waals surface area contributed by atoms with Crippen LogP contribution in [0.4, 0.5) is 0 Å². The molecule has 0 aromatic carbocycles. The van der Waals surface area contributed by atoms with Gasteiger partial charge in [0.25, 0.3) is 0 Å². The second-order valence-corrected chi connectivity index (χ2v) is 6.22. The number of ether oxygens (including phenoxy) is 1. The van der Waals surface area contributed by atoms with Gasteiger partial charge in [-0.15, -0.1) is 28.3 Å². The minimum Gasteiger partial charge on any atom is -0.376 e. The maximum atomic E-state index is 5.92. The van der Waals surface area contributed by atoms with Crippen LogP contribution in [0.3, 0.4) is 0 Å². The Balaban J connectivity index is 0.00000220. The molecule has 0 saturated carbocycles. The zero-order chi connectivity index (χ0) is 14.4. The van der Waals surface area contributed by atoms with Gasteiger partial charge >= 0.3 is 0 Å². The molecule has 2 heterocycles. The first-order valence-electron chi connectivity index (χ1n) is 7.02. The maximum absolute atomic E-state index is 5.92. The molecule has 5 nitrogen and oxygen atoms in total. The Morgan fingerprint density at radius 3 is 3.00 bits per heavy atom. The largest absolute Gasteiger partial charge is 0.376 e. The summed E-state index contributed by atoms with van der Waals surface area (Å²) >= 11 is 1.75. The number of halogens is 1. The lowest BCUT2D eigenvalue weighted by Gasteiger charge is -2.21. The average Bonchev–Trinajstić information content (AvgIpc) is 3.09. The van der Waals surface area contributed by atoms with E-state index in [1.807, 2.05) is 0 Å². The molecule has 2 rings (SSSR count). The van der Waals surface area contributed by atoms with E-state index in [4.69, 9.17) is 10.5 Å². The first kappa shape index (κ1) is 18.4. The van der Waals surface area contributed by atoms with Gasteiger partial charge in [0.05, 0.1) is 18.7 Å². The van der Waals surface area contributed by atoms with Crippen LogP contribution in [0.5, 0.6) is 0 Å². The third-order valence-corrected chi connectivity index (χ3v) is 4.44. The van der Waals surface area contributed by atoms with Crippen molar-refractivity contribution in [1.29, 1.82) is 0 Å². The van der Waals surface area contributed by atoms with Crippen LogP contribution >= 0.6 is 28.3 Å². The van der Waals surface area contributed by atoms with Gasteiger partial charge in [0, 0.05) is 18.0 Å². The predicted molar refractivity (Wildman–Crippen MR) is 94.5 cm³/mol. The molecule has 1 fully saturated rings. The number of aliphatic imine (C=N–C) groups is 1. The molecular formula is C14H25BrN4OS. The molecule has 0 radical (unpaired) electrons. The fraction of sp³-hybridized carbons (Fsp3) is 0.643. The minimum atomic E-state index is 0. The monoisotopic (exact) mass is 376 g/mol. The summed E-state index contributed by atoms with van der Waals surface area (Å²) in [4.78, 5) is 7.94. The van der Waals surface area contributed by atoms with E-state index < -0.39 is 0 Å². The van der Waals surface area contributed by atoms with Crippen LogP contribution < -0.4 is 11.1 Å². The van der Waals surface area contributed by atoms with Crippen molar-refractivity contribution in [3.63, 3.8) is 0 Å². The minimum absolute atomic E-state index is 0. The lowest BCUT2D eigenvalue weighted by Crippen LogP contribution is -2.37. The third kappa shape index (κ3) is 5.94. The molecule has 1 aromatic rings. The summed E-state index contributed by atoms with van der Waals surface area (Å²) in [6, 6.07) is 4.48. The lowest BCUT2D eigenvalue weighted by molar-refractivity contribution is 0.114. The summed E-state index contributed by atoms with van der Waals surface area (Å²) in [5.41, 5.74) is 5.92. The summed E-state index contributed by atoms with van der Waals surface area (Å²) in [7, 11) is 4.13. The van der Waals surface area contributed by atoms with Gasteiger partial charge in [0.15, 0.2) is 5.96 Å². The molecule has 0 spiro atoms. The number of likely N-dealkylation sites (N-methyl/N-ethyl adjacent to an activating group) is 1. The number of thiophene rings is 1. The van der Waals surface area contributed by atoms with Crippen LogP contribution in [0.15, 0.2) is 22.5 Å². The maximum Gasteiger partial charge on any atom is 0.188 e. The Hall–Kier alpha value is -0.630. The van der Waals surface area contributed by atoms with Gasteiger partial charge in [-0.3, -0.25) is 4.99 Å². The van der Waals surface area contributed by atoms with Crippen molar-refractivity contribution in [1.82, 2.24) is 10.2 Å². The molecule has 1 aromatic heterocycles. The zero-order valence-corrected chi connectivity index (χ0v) is 15.1. The Morgan fingerprint density at radius 2 is 2.43 bits per heavy atom. The van der Waals surface area contributed by atoms with E-state index in [-0.39, 0.29) is 29.1 Å². The zero-order valence-electron chi connectivity index (χ0n) is 12.6. The van der Waals surface area contributed by atoms with Crippen molar-refractivity contribution in [3.05, 3.63) is 22.4 Å². The van der Waals surface area contributed by atoms with E-state index >= 15 is 0 Å². The highest BCUT2D eigenvalue weighted by molar-refractivity contribution is 8.93. The van der Waals surface area contributed by atoms with Gasteiger partial charge in [-0.2, -0.15) is 0 Å². The molecule has 1 saturated heterocycles. The fourth-order valence-corrected chi connectivity index (χ4v) is 3.17. The van der Waals surface area contributed by atoms with Crippen molar-refractivity contribution in [3.8, 4) is 0 Å². The second kappa shape index (κ2) is 9.40. The van der Waals surface area contributed by atoms with Crippen LogP contribution in [0.2, 0.25) is 0 Å². The second-order valence-electron chi connectivity index (χ2n) is 5.24. The Labute approximate surface area is 141 Å². The molecule has 21 heavy (non-hydrogen) atoms. The number of rotatable bonds is 6. The van der Waals surface area contributed by atoms with Crippen molar-refractivity contribution in [2.24, 2.45) is 10.7 Å². The summed E-state index contributed by atoms with van der Waals surface area (Å²) in [5, 5.41) is 5.24. The number of hydrogen-bond donors (Lipinski definition) is 2. The number of nitrogens with zero attached hydrogens (tertiary/aromatic N) is 2. The number of nitrogens with two attached hydrogens (primary N) is 1. The molecule has 1 aliphatic rings. The van der Waals surface area contributed by atoms with Crippen LogP contribution in [0.1, 0.15) is 23.8 Å². The predicted octanol–water partition coefficient (Wildman–Crippen LogP) is 2.01. The highest BCUT2D eigenvalue weighted by Gasteiger charge is 2.16. The van der Waals surface area contributed by atoms with E-state index in [0.29, 0.717) is 12.5 Å². The van der Waals surface area contributed by atoms with Gasteiger partial charge in [0.1, 0.15) is 0 Å². The quantitative estimate of drug-likeness (QED) is 0.588. The highest BCUT2D eigenvalue weighted by atomic mass is 79.9. The SMILES string of the molecule is Br.CN(C)C(CN=C(N)NCC1CCCO1)c1cccs1. The van der Waals surface area contributed by atoms with Crippen LogP contribution in [0.25, 0.3) is 0 Å². The number of guanidine groups is 1. The molecule has 120 valence electrons. The molecule has 0 aliphatic carbocycles. The number of hydrogen-bond acceptors (Lipinski definition) is 4. The van der Waals surface area contributed by atoms with Crippen molar-refractivity contribution in [2.75, 3.05) is 33.8 Å². The molecule has 1 aliphatic heterocycles. The normalized spacial score (nSPS) is 20.3. The van der Waals surface area contributed by atoms with Gasteiger partial charge in [-0.25, -0.2) is 0 Å². The molecule has 2 atom stereocenters.